The molecule has 26 heavy (non-hydrogen) atoms. The quantitative estimate of drug-likeness (QED) is 0.702. The van der Waals surface area contributed by atoms with Crippen molar-refractivity contribution in [3.63, 3.8) is 0 Å². The van der Waals surface area contributed by atoms with Gasteiger partial charge in [-0.15, -0.1) is 0 Å². The van der Waals surface area contributed by atoms with Crippen LogP contribution in [0.25, 0.3) is 0 Å². The molecule has 1 aromatic heterocycles. The first-order valence-electron chi connectivity index (χ1n) is 8.79. The van der Waals surface area contributed by atoms with Crippen LogP contribution >= 0.6 is 11.6 Å². The Hall–Kier alpha value is -2.18. The van der Waals surface area contributed by atoms with E-state index in [-0.39, 0.29) is 11.5 Å². The van der Waals surface area contributed by atoms with Gasteiger partial charge in [-0.3, -0.25) is 5.41 Å². The van der Waals surface area contributed by atoms with Crippen LogP contribution < -0.4 is 16.0 Å². The van der Waals surface area contributed by atoms with E-state index in [2.05, 4.69) is 27.1 Å². The van der Waals surface area contributed by atoms with E-state index in [4.69, 9.17) is 22.7 Å². The fourth-order valence-electron chi connectivity index (χ4n) is 3.41. The normalized spacial score (nSPS) is 16.5. The van der Waals surface area contributed by atoms with Gasteiger partial charge in [0.25, 0.3) is 0 Å². The van der Waals surface area contributed by atoms with Crippen molar-refractivity contribution in [2.24, 2.45) is 5.41 Å². The van der Waals surface area contributed by atoms with Crippen molar-refractivity contribution in [2.75, 3.05) is 37.3 Å². The van der Waals surface area contributed by atoms with E-state index in [1.165, 1.54) is 0 Å². The maximum Gasteiger partial charge on any atom is 0.154 e. The molecule has 2 heterocycles. The molecule has 7 heteroatoms. The zero-order chi connectivity index (χ0) is 18.7. The number of benzene rings is 1. The second-order valence-corrected chi connectivity index (χ2v) is 7.55. The number of aromatic nitrogens is 2. The van der Waals surface area contributed by atoms with Crippen molar-refractivity contribution in [3.05, 3.63) is 46.7 Å². The highest BCUT2D eigenvalue weighted by atomic mass is 35.5. The number of hydrogen-bond donors (Lipinski definition) is 3. The number of nitrogen functional groups attached to an aromatic ring is 1. The average molecular weight is 373 g/mol. The molecule has 3 rings (SSSR count). The first-order chi connectivity index (χ1) is 12.4. The summed E-state index contributed by atoms with van der Waals surface area (Å²) in [5.41, 5.74) is 7.59. The molecule has 0 aliphatic carbocycles. The third-order valence-electron chi connectivity index (χ3n) is 5.06. The molecular weight excluding hydrogens is 348 g/mol. The summed E-state index contributed by atoms with van der Waals surface area (Å²) in [5.74, 6) is 1.03. The van der Waals surface area contributed by atoms with E-state index < -0.39 is 0 Å². The molecule has 0 radical (unpaired) electrons. The second-order valence-electron chi connectivity index (χ2n) is 7.14. The molecule has 0 saturated carbocycles. The largest absolute Gasteiger partial charge is 0.382 e. The van der Waals surface area contributed by atoms with Crippen LogP contribution in [-0.2, 0) is 0 Å². The van der Waals surface area contributed by atoms with Crippen LogP contribution in [0.4, 0.5) is 11.6 Å². The highest BCUT2D eigenvalue weighted by Gasteiger charge is 2.30. The van der Waals surface area contributed by atoms with Gasteiger partial charge in [-0.1, -0.05) is 36.7 Å². The number of hydrogen-bond acceptors (Lipinski definition) is 6. The van der Waals surface area contributed by atoms with Crippen molar-refractivity contribution in [1.82, 2.24) is 15.3 Å². The molecule has 1 aliphatic rings. The summed E-state index contributed by atoms with van der Waals surface area (Å²) >= 11 is 6.18. The van der Waals surface area contributed by atoms with Crippen molar-refractivity contribution >= 4 is 28.9 Å². The Bertz CT molecular complexity index is 798. The first kappa shape index (κ1) is 18.6. The lowest BCUT2D eigenvalue weighted by Gasteiger charge is -2.39. The van der Waals surface area contributed by atoms with Crippen LogP contribution in [0.15, 0.2) is 30.5 Å². The Labute approximate surface area is 159 Å². The smallest absolute Gasteiger partial charge is 0.154 e. The molecule has 0 atom stereocenters. The molecule has 0 unspecified atom stereocenters. The fourth-order valence-corrected chi connectivity index (χ4v) is 3.64. The van der Waals surface area contributed by atoms with Crippen molar-refractivity contribution in [1.29, 1.82) is 5.41 Å². The summed E-state index contributed by atoms with van der Waals surface area (Å²) in [5, 5.41) is 12.2. The summed E-state index contributed by atoms with van der Waals surface area (Å²) in [6.07, 6.45) is 3.89. The SMILES string of the molecule is CNCC1(C)CCN(c2cnc(C(=N)c3ccccc3Cl)c(N)n2)CC1. The van der Waals surface area contributed by atoms with Crippen LogP contribution in [-0.4, -0.2) is 42.4 Å². The summed E-state index contributed by atoms with van der Waals surface area (Å²) in [4.78, 5) is 11.1. The third kappa shape index (κ3) is 3.81. The zero-order valence-corrected chi connectivity index (χ0v) is 16.0. The zero-order valence-electron chi connectivity index (χ0n) is 15.2. The maximum atomic E-state index is 8.38. The van der Waals surface area contributed by atoms with Gasteiger partial charge in [-0.05, 0) is 31.4 Å². The van der Waals surface area contributed by atoms with Crippen LogP contribution in [0.3, 0.4) is 0 Å². The average Bonchev–Trinajstić information content (AvgIpc) is 2.62. The molecule has 2 aromatic rings. The van der Waals surface area contributed by atoms with E-state index in [0.717, 1.165) is 38.3 Å². The van der Waals surface area contributed by atoms with Gasteiger partial charge in [-0.2, -0.15) is 0 Å². The van der Waals surface area contributed by atoms with Crippen molar-refractivity contribution in [2.45, 2.75) is 19.8 Å². The molecule has 4 N–H and O–H groups in total. The summed E-state index contributed by atoms with van der Waals surface area (Å²) in [6, 6.07) is 7.20. The van der Waals surface area contributed by atoms with Gasteiger partial charge in [0.15, 0.2) is 5.82 Å². The van der Waals surface area contributed by atoms with Crippen LogP contribution in [0.5, 0.6) is 0 Å². The van der Waals surface area contributed by atoms with E-state index in [0.29, 0.717) is 21.7 Å². The van der Waals surface area contributed by atoms with Crippen LogP contribution in [0, 0.1) is 10.8 Å². The van der Waals surface area contributed by atoms with Crippen LogP contribution in [0.2, 0.25) is 5.02 Å². The minimum Gasteiger partial charge on any atom is -0.382 e. The van der Waals surface area contributed by atoms with Gasteiger partial charge in [0.1, 0.15) is 11.5 Å². The predicted molar refractivity (Wildman–Crippen MR) is 107 cm³/mol. The van der Waals surface area contributed by atoms with Gasteiger partial charge in [-0.25, -0.2) is 9.97 Å². The Morgan fingerprint density at radius 1 is 1.35 bits per heavy atom. The molecule has 1 aliphatic heterocycles. The Kier molecular flexibility index (Phi) is 5.44. The molecule has 1 fully saturated rings. The predicted octanol–water partition coefficient (Wildman–Crippen LogP) is 2.95. The minimum atomic E-state index is 0.187. The molecule has 0 bridgehead atoms. The molecule has 0 amide bonds. The first-order valence-corrected chi connectivity index (χ1v) is 9.17. The molecular formula is C19H25ClN6. The molecule has 6 nitrogen and oxygen atoms in total. The maximum absolute atomic E-state index is 8.38. The lowest BCUT2D eigenvalue weighted by Crippen LogP contribution is -2.43. The molecule has 138 valence electrons. The van der Waals surface area contributed by atoms with Gasteiger partial charge in [0.2, 0.25) is 0 Å². The molecule has 1 saturated heterocycles. The minimum absolute atomic E-state index is 0.187. The van der Waals surface area contributed by atoms with Crippen molar-refractivity contribution in [3.8, 4) is 0 Å². The highest BCUT2D eigenvalue weighted by Crippen LogP contribution is 2.32. The topological polar surface area (TPSA) is 90.9 Å². The lowest BCUT2D eigenvalue weighted by atomic mass is 9.80. The number of rotatable bonds is 5. The number of piperidine rings is 1. The van der Waals surface area contributed by atoms with Gasteiger partial charge in [0.05, 0.1) is 16.9 Å². The van der Waals surface area contributed by atoms with Crippen molar-refractivity contribution < 1.29 is 0 Å². The number of nitrogens with one attached hydrogen (secondary N) is 2. The Morgan fingerprint density at radius 2 is 2.04 bits per heavy atom. The fraction of sp³-hybridized carbons (Fsp3) is 0.421. The van der Waals surface area contributed by atoms with E-state index in [1.807, 2.05) is 19.2 Å². The number of halogens is 1. The molecule has 0 spiro atoms. The van der Waals surface area contributed by atoms with E-state index >= 15 is 0 Å². The summed E-state index contributed by atoms with van der Waals surface area (Å²) in [6.45, 7) is 5.18. The van der Waals surface area contributed by atoms with Gasteiger partial charge >= 0.3 is 0 Å². The van der Waals surface area contributed by atoms with Gasteiger partial charge < -0.3 is 16.0 Å². The van der Waals surface area contributed by atoms with Crippen LogP contribution in [0.1, 0.15) is 31.0 Å². The van der Waals surface area contributed by atoms with Gasteiger partial charge in [0, 0.05) is 25.2 Å². The van der Waals surface area contributed by atoms with E-state index in [9.17, 15) is 0 Å². The number of nitrogens with two attached hydrogens (primary N) is 1. The molecule has 1 aromatic carbocycles. The summed E-state index contributed by atoms with van der Waals surface area (Å²) in [7, 11) is 2.00. The Morgan fingerprint density at radius 3 is 2.65 bits per heavy atom. The lowest BCUT2D eigenvalue weighted by molar-refractivity contribution is 0.242. The number of nitrogens with zero attached hydrogens (tertiary/aromatic N) is 3. The monoisotopic (exact) mass is 372 g/mol. The standard InChI is InChI=1S/C19H25ClN6/c1-19(12-23-2)7-9-26(10-8-19)15-11-24-17(18(22)25-15)16(21)13-5-3-4-6-14(13)20/h3-6,11,21,23H,7-10,12H2,1-2H3,(H2,22,25). The highest BCUT2D eigenvalue weighted by molar-refractivity contribution is 6.35. The second kappa shape index (κ2) is 7.60. The summed E-state index contributed by atoms with van der Waals surface area (Å²) < 4.78 is 0. The number of anilines is 2. The van der Waals surface area contributed by atoms with E-state index in [1.54, 1.807) is 18.3 Å². The third-order valence-corrected chi connectivity index (χ3v) is 5.39. The Balaban J connectivity index is 1.77.